The molecule has 0 atom stereocenters. The van der Waals surface area contributed by atoms with Gasteiger partial charge in [0.15, 0.2) is 0 Å². The molecule has 5 nitrogen and oxygen atoms in total. The summed E-state index contributed by atoms with van der Waals surface area (Å²) in [6.45, 7) is 9.24. The van der Waals surface area contributed by atoms with Gasteiger partial charge < -0.3 is 14.5 Å². The minimum Gasteiger partial charge on any atom is -0.467 e. The van der Waals surface area contributed by atoms with E-state index >= 15 is 0 Å². The average Bonchev–Trinajstić information content (AvgIpc) is 2.96. The number of furan rings is 1. The molecular weight excluding hydrogens is 268 g/mol. The second-order valence-corrected chi connectivity index (χ2v) is 5.50. The fourth-order valence-electron chi connectivity index (χ4n) is 2.79. The predicted molar refractivity (Wildman–Crippen MR) is 81.2 cm³/mol. The fourth-order valence-corrected chi connectivity index (χ4v) is 2.79. The van der Waals surface area contributed by atoms with Crippen molar-refractivity contribution in [3.05, 3.63) is 23.7 Å². The van der Waals surface area contributed by atoms with Crippen LogP contribution in [0.15, 0.2) is 16.7 Å². The number of hydrogen-bond donors (Lipinski definition) is 1. The summed E-state index contributed by atoms with van der Waals surface area (Å²) in [7, 11) is 0. The molecule has 21 heavy (non-hydrogen) atoms. The minimum atomic E-state index is -0.292. The first-order chi connectivity index (χ1) is 10.2. The lowest BCUT2D eigenvalue weighted by Crippen LogP contribution is -2.36. The topological polar surface area (TPSA) is 54.7 Å². The van der Waals surface area contributed by atoms with Gasteiger partial charge in [0.25, 0.3) is 0 Å². The Morgan fingerprint density at radius 3 is 2.86 bits per heavy atom. The van der Waals surface area contributed by atoms with E-state index in [-0.39, 0.29) is 5.97 Å². The maximum absolute atomic E-state index is 11.9. The Labute approximate surface area is 126 Å². The summed E-state index contributed by atoms with van der Waals surface area (Å²) in [5.74, 6) is 1.15. The lowest BCUT2D eigenvalue weighted by Gasteiger charge is -2.28. The zero-order valence-electron chi connectivity index (χ0n) is 13.1. The van der Waals surface area contributed by atoms with E-state index in [1.807, 2.05) is 6.92 Å². The number of carbonyl (C=O) groups is 1. The molecule has 1 saturated heterocycles. The van der Waals surface area contributed by atoms with E-state index in [1.165, 1.54) is 12.8 Å². The highest BCUT2D eigenvalue weighted by Crippen LogP contribution is 2.18. The van der Waals surface area contributed by atoms with E-state index in [0.29, 0.717) is 24.5 Å². The first kappa shape index (κ1) is 16.0. The Morgan fingerprint density at radius 1 is 1.43 bits per heavy atom. The van der Waals surface area contributed by atoms with E-state index in [1.54, 1.807) is 12.3 Å². The SMILES string of the molecule is CCOC(=O)c1ccoc1CN(CC)CC1CCNCC1. The number of ether oxygens (including phenoxy) is 1. The van der Waals surface area contributed by atoms with Crippen LogP contribution in [0.4, 0.5) is 0 Å². The number of rotatable bonds is 7. The molecule has 0 unspecified atom stereocenters. The summed E-state index contributed by atoms with van der Waals surface area (Å²) in [6, 6.07) is 1.70. The molecule has 2 heterocycles. The van der Waals surface area contributed by atoms with E-state index in [4.69, 9.17) is 9.15 Å². The van der Waals surface area contributed by atoms with Gasteiger partial charge in [-0.25, -0.2) is 4.79 Å². The van der Waals surface area contributed by atoms with Gasteiger partial charge in [0.2, 0.25) is 0 Å². The van der Waals surface area contributed by atoms with Crippen molar-refractivity contribution in [2.75, 3.05) is 32.8 Å². The van der Waals surface area contributed by atoms with Crippen LogP contribution in [-0.4, -0.2) is 43.7 Å². The van der Waals surface area contributed by atoms with Gasteiger partial charge in [-0.15, -0.1) is 0 Å². The molecule has 1 aliphatic rings. The van der Waals surface area contributed by atoms with Crippen LogP contribution in [0.1, 0.15) is 42.8 Å². The second kappa shape index (κ2) is 8.20. The van der Waals surface area contributed by atoms with Crippen LogP contribution in [0.3, 0.4) is 0 Å². The summed E-state index contributed by atoms with van der Waals surface area (Å²) < 4.78 is 10.6. The van der Waals surface area contributed by atoms with Crippen molar-refractivity contribution in [3.63, 3.8) is 0 Å². The highest BCUT2D eigenvalue weighted by molar-refractivity contribution is 5.90. The Bertz CT molecular complexity index is 438. The minimum absolute atomic E-state index is 0.292. The molecule has 1 aromatic heterocycles. The first-order valence-electron chi connectivity index (χ1n) is 7.91. The lowest BCUT2D eigenvalue weighted by atomic mass is 9.97. The highest BCUT2D eigenvalue weighted by Gasteiger charge is 2.20. The van der Waals surface area contributed by atoms with Crippen LogP contribution < -0.4 is 5.32 Å². The van der Waals surface area contributed by atoms with Gasteiger partial charge in [-0.1, -0.05) is 6.92 Å². The van der Waals surface area contributed by atoms with Gasteiger partial charge in [-0.3, -0.25) is 4.90 Å². The van der Waals surface area contributed by atoms with Crippen molar-refractivity contribution in [1.29, 1.82) is 0 Å². The van der Waals surface area contributed by atoms with Gasteiger partial charge >= 0.3 is 5.97 Å². The van der Waals surface area contributed by atoms with Crippen LogP contribution in [-0.2, 0) is 11.3 Å². The van der Waals surface area contributed by atoms with E-state index in [9.17, 15) is 4.79 Å². The Morgan fingerprint density at radius 2 is 2.19 bits per heavy atom. The molecule has 0 spiro atoms. The molecule has 0 aliphatic carbocycles. The monoisotopic (exact) mass is 294 g/mol. The fraction of sp³-hybridized carbons (Fsp3) is 0.688. The largest absolute Gasteiger partial charge is 0.467 e. The third kappa shape index (κ3) is 4.58. The zero-order chi connectivity index (χ0) is 15.1. The maximum atomic E-state index is 11.9. The van der Waals surface area contributed by atoms with E-state index in [2.05, 4.69) is 17.1 Å². The number of piperidine rings is 1. The maximum Gasteiger partial charge on any atom is 0.341 e. The molecule has 0 amide bonds. The van der Waals surface area contributed by atoms with Crippen molar-refractivity contribution >= 4 is 5.97 Å². The summed E-state index contributed by atoms with van der Waals surface area (Å²) >= 11 is 0. The molecule has 2 rings (SSSR count). The number of nitrogens with zero attached hydrogens (tertiary/aromatic N) is 1. The predicted octanol–water partition coefficient (Wildman–Crippen LogP) is 2.28. The van der Waals surface area contributed by atoms with Crippen LogP contribution in [0, 0.1) is 5.92 Å². The Kier molecular flexibility index (Phi) is 6.26. The van der Waals surface area contributed by atoms with Crippen LogP contribution in [0.25, 0.3) is 0 Å². The van der Waals surface area contributed by atoms with Crippen molar-refractivity contribution in [2.45, 2.75) is 33.2 Å². The molecule has 1 aliphatic heterocycles. The first-order valence-corrected chi connectivity index (χ1v) is 7.91. The number of esters is 1. The molecule has 0 aromatic carbocycles. The van der Waals surface area contributed by atoms with Crippen LogP contribution in [0.5, 0.6) is 0 Å². The lowest BCUT2D eigenvalue weighted by molar-refractivity contribution is 0.0521. The quantitative estimate of drug-likeness (QED) is 0.782. The summed E-state index contributed by atoms with van der Waals surface area (Å²) in [5.41, 5.74) is 0.556. The molecule has 1 N–H and O–H groups in total. The molecule has 5 heteroatoms. The normalized spacial score (nSPS) is 16.3. The van der Waals surface area contributed by atoms with Crippen LogP contribution >= 0.6 is 0 Å². The average molecular weight is 294 g/mol. The van der Waals surface area contributed by atoms with Gasteiger partial charge in [0.05, 0.1) is 19.4 Å². The third-order valence-corrected chi connectivity index (χ3v) is 4.03. The molecule has 0 radical (unpaired) electrons. The van der Waals surface area contributed by atoms with Gasteiger partial charge in [0.1, 0.15) is 11.3 Å². The Balaban J connectivity index is 1.94. The summed E-state index contributed by atoms with van der Waals surface area (Å²) in [4.78, 5) is 14.2. The van der Waals surface area contributed by atoms with Gasteiger partial charge in [-0.05, 0) is 51.4 Å². The smallest absolute Gasteiger partial charge is 0.341 e. The number of nitrogens with one attached hydrogen (secondary N) is 1. The number of carbonyl (C=O) groups excluding carboxylic acids is 1. The third-order valence-electron chi connectivity index (χ3n) is 4.03. The van der Waals surface area contributed by atoms with Crippen LogP contribution in [0.2, 0.25) is 0 Å². The second-order valence-electron chi connectivity index (χ2n) is 5.50. The summed E-state index contributed by atoms with van der Waals surface area (Å²) in [5, 5.41) is 3.39. The van der Waals surface area contributed by atoms with Crippen molar-refractivity contribution in [1.82, 2.24) is 10.2 Å². The molecule has 0 saturated carbocycles. The van der Waals surface area contributed by atoms with Gasteiger partial charge in [0, 0.05) is 6.54 Å². The zero-order valence-corrected chi connectivity index (χ0v) is 13.1. The van der Waals surface area contributed by atoms with E-state index < -0.39 is 0 Å². The highest BCUT2D eigenvalue weighted by atomic mass is 16.5. The molecule has 0 bridgehead atoms. The van der Waals surface area contributed by atoms with Gasteiger partial charge in [-0.2, -0.15) is 0 Å². The van der Waals surface area contributed by atoms with Crippen molar-refractivity contribution < 1.29 is 13.9 Å². The molecular formula is C16H26N2O3. The number of hydrogen-bond acceptors (Lipinski definition) is 5. The molecule has 1 aromatic rings. The molecule has 118 valence electrons. The van der Waals surface area contributed by atoms with E-state index in [0.717, 1.165) is 32.1 Å². The summed E-state index contributed by atoms with van der Waals surface area (Å²) in [6.07, 6.45) is 4.01. The Hall–Kier alpha value is -1.33. The standard InChI is InChI=1S/C16H26N2O3/c1-3-18(11-13-5-8-17-9-6-13)12-15-14(7-10-21-15)16(19)20-4-2/h7,10,13,17H,3-6,8-9,11-12H2,1-2H3. The molecule has 1 fully saturated rings. The van der Waals surface area contributed by atoms with Crippen molar-refractivity contribution in [2.24, 2.45) is 5.92 Å². The van der Waals surface area contributed by atoms with Crippen molar-refractivity contribution in [3.8, 4) is 0 Å².